The van der Waals surface area contributed by atoms with Gasteiger partial charge in [-0.05, 0) is 44.2 Å². The first-order chi connectivity index (χ1) is 11.6. The Hall–Kier alpha value is -1.35. The predicted octanol–water partition coefficient (Wildman–Crippen LogP) is 2.78. The van der Waals surface area contributed by atoms with Gasteiger partial charge in [-0.3, -0.25) is 0 Å². The quantitative estimate of drug-likeness (QED) is 0.822. The lowest BCUT2D eigenvalue weighted by Crippen LogP contribution is -2.51. The monoisotopic (exact) mass is 348 g/mol. The highest BCUT2D eigenvalue weighted by Crippen LogP contribution is 2.27. The topological polar surface area (TPSA) is 72.2 Å². The minimum atomic E-state index is -0.209. The van der Waals surface area contributed by atoms with Crippen LogP contribution in [0.2, 0.25) is 5.15 Å². The van der Waals surface area contributed by atoms with Crippen LogP contribution in [-0.4, -0.2) is 41.4 Å². The maximum absolute atomic E-state index is 10.1. The van der Waals surface area contributed by atoms with E-state index in [-0.39, 0.29) is 12.1 Å². The van der Waals surface area contributed by atoms with Crippen molar-refractivity contribution >= 4 is 17.4 Å². The minimum absolute atomic E-state index is 0.209. The van der Waals surface area contributed by atoms with Crippen LogP contribution in [0.4, 0.5) is 5.82 Å². The Morgan fingerprint density at radius 2 is 2.00 bits per heavy atom. The molecule has 3 rings (SSSR count). The Bertz CT molecular complexity index is 622. The fraction of sp³-hybridized carbons (Fsp3) is 0.667. The van der Waals surface area contributed by atoms with Crippen LogP contribution in [0.1, 0.15) is 49.7 Å². The van der Waals surface area contributed by atoms with Gasteiger partial charge in [0.1, 0.15) is 17.0 Å². The molecular formula is C18H25ClN4O. The average molecular weight is 349 g/mol. The number of nitrogens with zero attached hydrogens (tertiary/aromatic N) is 3. The van der Waals surface area contributed by atoms with E-state index in [9.17, 15) is 10.4 Å². The van der Waals surface area contributed by atoms with Crippen LogP contribution in [0.15, 0.2) is 6.07 Å². The number of aromatic nitrogens is 1. The number of rotatable bonds is 3. The van der Waals surface area contributed by atoms with Crippen LogP contribution < -0.4 is 10.2 Å². The van der Waals surface area contributed by atoms with E-state index >= 15 is 0 Å². The summed E-state index contributed by atoms with van der Waals surface area (Å²) in [4.78, 5) is 6.55. The van der Waals surface area contributed by atoms with Crippen LogP contribution >= 0.6 is 11.6 Å². The fourth-order valence-electron chi connectivity index (χ4n) is 3.85. The van der Waals surface area contributed by atoms with E-state index in [4.69, 9.17) is 11.6 Å². The lowest BCUT2D eigenvalue weighted by molar-refractivity contribution is 0.0828. The summed E-state index contributed by atoms with van der Waals surface area (Å²) >= 11 is 6.08. The summed E-state index contributed by atoms with van der Waals surface area (Å²) in [6.07, 6.45) is 6.07. The van der Waals surface area contributed by atoms with Crippen molar-refractivity contribution in [2.24, 2.45) is 0 Å². The third kappa shape index (κ3) is 3.83. The van der Waals surface area contributed by atoms with Crippen molar-refractivity contribution in [3.8, 4) is 6.07 Å². The summed E-state index contributed by atoms with van der Waals surface area (Å²) in [5.74, 6) is 0.707. The second-order valence-corrected chi connectivity index (χ2v) is 7.35. The van der Waals surface area contributed by atoms with Crippen molar-refractivity contribution in [1.82, 2.24) is 10.3 Å². The average Bonchev–Trinajstić information content (AvgIpc) is 2.57. The van der Waals surface area contributed by atoms with Gasteiger partial charge < -0.3 is 15.3 Å². The fourth-order valence-corrected chi connectivity index (χ4v) is 4.09. The van der Waals surface area contributed by atoms with Gasteiger partial charge in [0.2, 0.25) is 0 Å². The number of aryl methyl sites for hydroxylation is 1. The lowest BCUT2D eigenvalue weighted by Gasteiger charge is -2.38. The number of piperidine rings is 1. The van der Waals surface area contributed by atoms with Gasteiger partial charge in [0, 0.05) is 25.2 Å². The Balaban J connectivity index is 1.62. The highest BCUT2D eigenvalue weighted by atomic mass is 35.5. The number of nitrogens with one attached hydrogen (secondary N) is 1. The molecule has 0 spiro atoms. The predicted molar refractivity (Wildman–Crippen MR) is 95.3 cm³/mol. The van der Waals surface area contributed by atoms with Crippen molar-refractivity contribution in [2.45, 2.75) is 63.6 Å². The summed E-state index contributed by atoms with van der Waals surface area (Å²) < 4.78 is 0. The van der Waals surface area contributed by atoms with E-state index in [1.54, 1.807) is 6.07 Å². The molecule has 1 aromatic heterocycles. The standard InChI is InChI=1S/C18H25ClN4O/c1-12-10-17(19)22-18(14(12)11-20)23-8-6-13(7-9-23)21-15-4-2-3-5-16(15)24/h10,13,15-16,21,24H,2-9H2,1H3/t15-,16-/m1/s1. The summed E-state index contributed by atoms with van der Waals surface area (Å²) in [6.45, 7) is 3.60. The van der Waals surface area contributed by atoms with Crippen LogP contribution in [-0.2, 0) is 0 Å². The molecule has 2 N–H and O–H groups in total. The summed E-state index contributed by atoms with van der Waals surface area (Å²) in [7, 11) is 0. The molecule has 0 amide bonds. The number of nitriles is 1. The van der Waals surface area contributed by atoms with Crippen molar-refractivity contribution in [1.29, 1.82) is 5.26 Å². The summed E-state index contributed by atoms with van der Waals surface area (Å²) in [6, 6.07) is 4.65. The number of hydrogen-bond acceptors (Lipinski definition) is 5. The van der Waals surface area contributed by atoms with Gasteiger partial charge in [-0.1, -0.05) is 24.4 Å². The number of anilines is 1. The molecule has 0 radical (unpaired) electrons. The Morgan fingerprint density at radius 1 is 1.29 bits per heavy atom. The zero-order chi connectivity index (χ0) is 17.1. The van der Waals surface area contributed by atoms with E-state index < -0.39 is 0 Å². The highest BCUT2D eigenvalue weighted by Gasteiger charge is 2.28. The zero-order valence-electron chi connectivity index (χ0n) is 14.1. The summed E-state index contributed by atoms with van der Waals surface area (Å²) in [5, 5.41) is 23.6. The van der Waals surface area contributed by atoms with E-state index in [2.05, 4.69) is 21.3 Å². The third-order valence-electron chi connectivity index (χ3n) is 5.25. The van der Waals surface area contributed by atoms with Crippen LogP contribution in [0.5, 0.6) is 0 Å². The molecule has 0 aromatic carbocycles. The van der Waals surface area contributed by atoms with E-state index in [0.29, 0.717) is 22.6 Å². The maximum atomic E-state index is 10.1. The van der Waals surface area contributed by atoms with Crippen LogP contribution in [0, 0.1) is 18.3 Å². The molecular weight excluding hydrogens is 324 g/mol. The molecule has 1 saturated carbocycles. The number of aliphatic hydroxyl groups excluding tert-OH is 1. The Morgan fingerprint density at radius 3 is 2.67 bits per heavy atom. The molecule has 1 aromatic rings. The van der Waals surface area contributed by atoms with E-state index in [1.807, 2.05) is 6.92 Å². The molecule has 2 heterocycles. The van der Waals surface area contributed by atoms with Crippen LogP contribution in [0.25, 0.3) is 0 Å². The molecule has 2 aliphatic rings. The van der Waals surface area contributed by atoms with Gasteiger partial charge >= 0.3 is 0 Å². The molecule has 1 aliphatic heterocycles. The number of halogens is 1. The Labute approximate surface area is 148 Å². The molecule has 1 aliphatic carbocycles. The first kappa shape index (κ1) is 17.5. The van der Waals surface area contributed by atoms with Crippen LogP contribution in [0.3, 0.4) is 0 Å². The van der Waals surface area contributed by atoms with Gasteiger partial charge in [-0.15, -0.1) is 0 Å². The molecule has 2 atom stereocenters. The first-order valence-corrected chi connectivity index (χ1v) is 9.22. The molecule has 6 heteroatoms. The number of pyridine rings is 1. The van der Waals surface area contributed by atoms with Gasteiger partial charge in [0.25, 0.3) is 0 Å². The van der Waals surface area contributed by atoms with Crippen molar-refractivity contribution in [3.05, 3.63) is 22.3 Å². The van der Waals surface area contributed by atoms with Crippen molar-refractivity contribution in [2.75, 3.05) is 18.0 Å². The molecule has 2 fully saturated rings. The molecule has 0 unspecified atom stereocenters. The maximum Gasteiger partial charge on any atom is 0.148 e. The SMILES string of the molecule is Cc1cc(Cl)nc(N2CCC(N[C@@H]3CCCC[C@H]3O)CC2)c1C#N. The molecule has 130 valence electrons. The molecule has 0 bridgehead atoms. The van der Waals surface area contributed by atoms with Gasteiger partial charge in [-0.25, -0.2) is 4.98 Å². The second kappa shape index (κ2) is 7.69. The van der Waals surface area contributed by atoms with Crippen molar-refractivity contribution < 1.29 is 5.11 Å². The molecule has 24 heavy (non-hydrogen) atoms. The first-order valence-electron chi connectivity index (χ1n) is 8.85. The zero-order valence-corrected chi connectivity index (χ0v) is 14.9. The lowest BCUT2D eigenvalue weighted by atomic mass is 9.91. The smallest absolute Gasteiger partial charge is 0.148 e. The highest BCUT2D eigenvalue weighted by molar-refractivity contribution is 6.29. The largest absolute Gasteiger partial charge is 0.392 e. The number of aliphatic hydroxyl groups is 1. The molecule has 1 saturated heterocycles. The van der Waals surface area contributed by atoms with E-state index in [1.165, 1.54) is 6.42 Å². The van der Waals surface area contributed by atoms with Crippen molar-refractivity contribution in [3.63, 3.8) is 0 Å². The minimum Gasteiger partial charge on any atom is -0.392 e. The second-order valence-electron chi connectivity index (χ2n) is 6.96. The summed E-state index contributed by atoms with van der Waals surface area (Å²) in [5.41, 5.74) is 1.49. The third-order valence-corrected chi connectivity index (χ3v) is 5.45. The molecule has 5 nitrogen and oxygen atoms in total. The normalized spacial score (nSPS) is 25.5. The number of hydrogen-bond donors (Lipinski definition) is 2. The van der Waals surface area contributed by atoms with Gasteiger partial charge in [0.05, 0.1) is 11.7 Å². The van der Waals surface area contributed by atoms with Gasteiger partial charge in [-0.2, -0.15) is 5.26 Å². The van der Waals surface area contributed by atoms with Gasteiger partial charge in [0.15, 0.2) is 0 Å². The van der Waals surface area contributed by atoms with E-state index in [0.717, 1.165) is 50.8 Å². The Kier molecular flexibility index (Phi) is 5.60.